The SMILES string of the molecule is CC(C)C(CCN)Nc1nccn1C. The smallest absolute Gasteiger partial charge is 0.202 e. The normalized spacial score (nSPS) is 13.2. The number of aryl methyl sites for hydroxylation is 1. The summed E-state index contributed by atoms with van der Waals surface area (Å²) in [6, 6.07) is 0.404. The molecule has 0 spiro atoms. The Hall–Kier alpha value is -1.03. The van der Waals surface area contributed by atoms with Gasteiger partial charge in [0.2, 0.25) is 5.95 Å². The van der Waals surface area contributed by atoms with Gasteiger partial charge in [-0.25, -0.2) is 4.98 Å². The van der Waals surface area contributed by atoms with Crippen molar-refractivity contribution in [1.29, 1.82) is 0 Å². The van der Waals surface area contributed by atoms with E-state index in [1.54, 1.807) is 6.20 Å². The van der Waals surface area contributed by atoms with Crippen molar-refractivity contribution in [3.05, 3.63) is 12.4 Å². The predicted octanol–water partition coefficient (Wildman–Crippen LogP) is 1.21. The van der Waals surface area contributed by atoms with Gasteiger partial charge in [0, 0.05) is 25.5 Å². The average molecular weight is 196 g/mol. The first-order valence-electron chi connectivity index (χ1n) is 5.09. The summed E-state index contributed by atoms with van der Waals surface area (Å²) in [5.74, 6) is 1.48. The highest BCUT2D eigenvalue weighted by Crippen LogP contribution is 2.12. The molecule has 1 aromatic rings. The summed E-state index contributed by atoms with van der Waals surface area (Å²) in [6.45, 7) is 5.09. The molecule has 1 aromatic heterocycles. The van der Waals surface area contributed by atoms with Crippen molar-refractivity contribution >= 4 is 5.95 Å². The summed E-state index contributed by atoms with van der Waals surface area (Å²) >= 11 is 0. The van der Waals surface area contributed by atoms with Crippen LogP contribution in [-0.4, -0.2) is 22.1 Å². The third kappa shape index (κ3) is 2.73. The first-order valence-corrected chi connectivity index (χ1v) is 5.09. The molecule has 0 aromatic carbocycles. The fourth-order valence-corrected chi connectivity index (χ4v) is 1.42. The molecule has 0 radical (unpaired) electrons. The number of rotatable bonds is 5. The molecule has 1 heterocycles. The first kappa shape index (κ1) is 11.0. The van der Waals surface area contributed by atoms with Gasteiger partial charge in [0.15, 0.2) is 0 Å². The fourth-order valence-electron chi connectivity index (χ4n) is 1.42. The fraction of sp³-hybridized carbons (Fsp3) is 0.700. The number of hydrogen-bond acceptors (Lipinski definition) is 3. The molecule has 1 unspecified atom stereocenters. The van der Waals surface area contributed by atoms with E-state index in [0.717, 1.165) is 12.4 Å². The number of aromatic nitrogens is 2. The Morgan fingerprint density at radius 1 is 1.57 bits per heavy atom. The van der Waals surface area contributed by atoms with Crippen molar-refractivity contribution < 1.29 is 0 Å². The van der Waals surface area contributed by atoms with Gasteiger partial charge in [0.1, 0.15) is 0 Å². The van der Waals surface area contributed by atoms with Crippen LogP contribution in [0.3, 0.4) is 0 Å². The van der Waals surface area contributed by atoms with Crippen molar-refractivity contribution in [3.63, 3.8) is 0 Å². The summed E-state index contributed by atoms with van der Waals surface area (Å²) in [4.78, 5) is 4.23. The van der Waals surface area contributed by atoms with Crippen molar-refractivity contribution in [1.82, 2.24) is 9.55 Å². The molecule has 0 bridgehead atoms. The van der Waals surface area contributed by atoms with Crippen LogP contribution in [0, 0.1) is 5.92 Å². The van der Waals surface area contributed by atoms with E-state index in [1.807, 2.05) is 17.8 Å². The van der Waals surface area contributed by atoms with Gasteiger partial charge in [0.25, 0.3) is 0 Å². The van der Waals surface area contributed by atoms with Crippen LogP contribution in [0.1, 0.15) is 20.3 Å². The topological polar surface area (TPSA) is 55.9 Å². The van der Waals surface area contributed by atoms with Crippen LogP contribution in [0.4, 0.5) is 5.95 Å². The van der Waals surface area contributed by atoms with Crippen LogP contribution >= 0.6 is 0 Å². The van der Waals surface area contributed by atoms with Crippen LogP contribution in [0.15, 0.2) is 12.4 Å². The molecule has 1 atom stereocenters. The zero-order valence-electron chi connectivity index (χ0n) is 9.20. The molecular weight excluding hydrogens is 176 g/mol. The number of hydrogen-bond donors (Lipinski definition) is 2. The second kappa shape index (κ2) is 5.00. The van der Waals surface area contributed by atoms with Gasteiger partial charge in [0.05, 0.1) is 0 Å². The zero-order chi connectivity index (χ0) is 10.6. The highest BCUT2D eigenvalue weighted by atomic mass is 15.2. The van der Waals surface area contributed by atoms with Gasteiger partial charge in [-0.3, -0.25) is 0 Å². The minimum atomic E-state index is 0.404. The quantitative estimate of drug-likeness (QED) is 0.744. The zero-order valence-corrected chi connectivity index (χ0v) is 9.20. The van der Waals surface area contributed by atoms with E-state index < -0.39 is 0 Å². The Labute approximate surface area is 85.5 Å². The highest BCUT2D eigenvalue weighted by molar-refractivity contribution is 5.27. The third-order valence-corrected chi connectivity index (χ3v) is 2.42. The van der Waals surface area contributed by atoms with Gasteiger partial charge >= 0.3 is 0 Å². The second-order valence-electron chi connectivity index (χ2n) is 3.93. The van der Waals surface area contributed by atoms with E-state index in [-0.39, 0.29) is 0 Å². The molecule has 80 valence electrons. The minimum Gasteiger partial charge on any atom is -0.353 e. The first-order chi connectivity index (χ1) is 6.65. The Kier molecular flexibility index (Phi) is 3.95. The number of nitrogens with two attached hydrogens (primary N) is 1. The summed E-state index contributed by atoms with van der Waals surface area (Å²) in [6.07, 6.45) is 4.70. The number of nitrogens with zero attached hydrogens (tertiary/aromatic N) is 2. The van der Waals surface area contributed by atoms with E-state index in [2.05, 4.69) is 24.1 Å². The van der Waals surface area contributed by atoms with E-state index in [1.165, 1.54) is 0 Å². The molecule has 0 saturated heterocycles. The predicted molar refractivity (Wildman–Crippen MR) is 59.1 cm³/mol. The van der Waals surface area contributed by atoms with Crippen LogP contribution < -0.4 is 11.1 Å². The Balaban J connectivity index is 2.60. The lowest BCUT2D eigenvalue weighted by molar-refractivity contribution is 0.494. The lowest BCUT2D eigenvalue weighted by Crippen LogP contribution is -2.29. The number of nitrogens with one attached hydrogen (secondary N) is 1. The van der Waals surface area contributed by atoms with E-state index >= 15 is 0 Å². The van der Waals surface area contributed by atoms with Gasteiger partial charge in [-0.2, -0.15) is 0 Å². The van der Waals surface area contributed by atoms with Crippen molar-refractivity contribution in [2.75, 3.05) is 11.9 Å². The van der Waals surface area contributed by atoms with Gasteiger partial charge < -0.3 is 15.6 Å². The van der Waals surface area contributed by atoms with E-state index in [4.69, 9.17) is 5.73 Å². The largest absolute Gasteiger partial charge is 0.353 e. The van der Waals surface area contributed by atoms with Crippen molar-refractivity contribution in [2.45, 2.75) is 26.3 Å². The Bertz CT molecular complexity index is 267. The molecular formula is C10H20N4. The molecule has 3 N–H and O–H groups in total. The van der Waals surface area contributed by atoms with Crippen LogP contribution in [0.5, 0.6) is 0 Å². The molecule has 0 fully saturated rings. The number of imidazole rings is 1. The monoisotopic (exact) mass is 196 g/mol. The maximum atomic E-state index is 5.57. The van der Waals surface area contributed by atoms with Crippen LogP contribution in [0.25, 0.3) is 0 Å². The molecule has 14 heavy (non-hydrogen) atoms. The number of anilines is 1. The van der Waals surface area contributed by atoms with Crippen LogP contribution in [0.2, 0.25) is 0 Å². The van der Waals surface area contributed by atoms with Crippen molar-refractivity contribution in [2.24, 2.45) is 18.7 Å². The average Bonchev–Trinajstić information content (AvgIpc) is 2.51. The molecule has 0 aliphatic rings. The molecule has 1 rings (SSSR count). The highest BCUT2D eigenvalue weighted by Gasteiger charge is 2.13. The van der Waals surface area contributed by atoms with Crippen LogP contribution in [-0.2, 0) is 7.05 Å². The molecule has 4 nitrogen and oxygen atoms in total. The van der Waals surface area contributed by atoms with Crippen molar-refractivity contribution in [3.8, 4) is 0 Å². The Morgan fingerprint density at radius 3 is 2.71 bits per heavy atom. The standard InChI is InChI=1S/C10H20N4/c1-8(2)9(4-5-11)13-10-12-6-7-14(10)3/h6-9H,4-5,11H2,1-3H3,(H,12,13). The Morgan fingerprint density at radius 2 is 2.29 bits per heavy atom. The van der Waals surface area contributed by atoms with Gasteiger partial charge in [-0.15, -0.1) is 0 Å². The van der Waals surface area contributed by atoms with E-state index in [9.17, 15) is 0 Å². The summed E-state index contributed by atoms with van der Waals surface area (Å²) in [7, 11) is 1.98. The molecule has 4 heteroatoms. The molecule has 0 aliphatic carbocycles. The second-order valence-corrected chi connectivity index (χ2v) is 3.93. The summed E-state index contributed by atoms with van der Waals surface area (Å²) < 4.78 is 1.98. The van der Waals surface area contributed by atoms with Gasteiger partial charge in [-0.1, -0.05) is 13.8 Å². The summed E-state index contributed by atoms with van der Waals surface area (Å²) in [5, 5.41) is 3.40. The molecule has 0 aliphatic heterocycles. The lowest BCUT2D eigenvalue weighted by atomic mass is 10.0. The maximum absolute atomic E-state index is 5.57. The minimum absolute atomic E-state index is 0.404. The maximum Gasteiger partial charge on any atom is 0.202 e. The van der Waals surface area contributed by atoms with Gasteiger partial charge in [-0.05, 0) is 18.9 Å². The summed E-state index contributed by atoms with van der Waals surface area (Å²) in [5.41, 5.74) is 5.57. The van der Waals surface area contributed by atoms with E-state index in [0.29, 0.717) is 18.5 Å². The molecule has 0 amide bonds. The lowest BCUT2D eigenvalue weighted by Gasteiger charge is -2.22. The third-order valence-electron chi connectivity index (χ3n) is 2.42. The molecule has 0 saturated carbocycles.